The normalized spacial score (nSPS) is 16.1. The second kappa shape index (κ2) is 8.45. The minimum atomic E-state index is 0.0482. The number of aryl methyl sites for hydroxylation is 2. The Labute approximate surface area is 152 Å². The van der Waals surface area contributed by atoms with Gasteiger partial charge < -0.3 is 9.84 Å². The molecule has 2 aromatic rings. The molecule has 0 radical (unpaired) electrons. The van der Waals surface area contributed by atoms with Crippen molar-refractivity contribution in [1.82, 2.24) is 20.4 Å². The standard InChI is InChI=1S/C18H23ClN4O2/c1-13-20-18(25-22-13)7-6-17(24)21-16-8-10-23(11-9-16)12-14-2-4-15(19)5-3-14/h2-5,16H,6-12H2,1H3,(H,21,24). The molecule has 3 rings (SSSR count). The van der Waals surface area contributed by atoms with Crippen LogP contribution in [0.25, 0.3) is 0 Å². The van der Waals surface area contributed by atoms with Crippen molar-refractivity contribution in [3.8, 4) is 0 Å². The first kappa shape index (κ1) is 17.9. The molecule has 6 nitrogen and oxygen atoms in total. The van der Waals surface area contributed by atoms with Gasteiger partial charge in [-0.05, 0) is 37.5 Å². The SMILES string of the molecule is Cc1noc(CCC(=O)NC2CCN(Cc3ccc(Cl)cc3)CC2)n1. The smallest absolute Gasteiger partial charge is 0.227 e. The average molecular weight is 363 g/mol. The second-order valence-electron chi connectivity index (χ2n) is 6.48. The number of amides is 1. The van der Waals surface area contributed by atoms with Crippen molar-refractivity contribution in [3.05, 3.63) is 46.6 Å². The van der Waals surface area contributed by atoms with E-state index in [1.54, 1.807) is 6.92 Å². The molecule has 1 N–H and O–H groups in total. The van der Waals surface area contributed by atoms with Gasteiger partial charge in [0.15, 0.2) is 5.82 Å². The van der Waals surface area contributed by atoms with Crippen LogP contribution in [0.2, 0.25) is 5.02 Å². The van der Waals surface area contributed by atoms with E-state index in [2.05, 4.69) is 32.5 Å². The molecule has 1 aromatic heterocycles. The van der Waals surface area contributed by atoms with Crippen LogP contribution in [0.15, 0.2) is 28.8 Å². The van der Waals surface area contributed by atoms with E-state index in [1.165, 1.54) is 5.56 Å². The van der Waals surface area contributed by atoms with E-state index >= 15 is 0 Å². The number of rotatable bonds is 6. The fourth-order valence-corrected chi connectivity index (χ4v) is 3.17. The van der Waals surface area contributed by atoms with E-state index < -0.39 is 0 Å². The van der Waals surface area contributed by atoms with Gasteiger partial charge in [-0.15, -0.1) is 0 Å². The van der Waals surface area contributed by atoms with Crippen molar-refractivity contribution in [3.63, 3.8) is 0 Å². The molecular weight excluding hydrogens is 340 g/mol. The van der Waals surface area contributed by atoms with Crippen LogP contribution in [0.4, 0.5) is 0 Å². The van der Waals surface area contributed by atoms with Crippen LogP contribution in [0.3, 0.4) is 0 Å². The molecule has 0 bridgehead atoms. The number of hydrogen-bond acceptors (Lipinski definition) is 5. The van der Waals surface area contributed by atoms with E-state index in [0.717, 1.165) is 37.5 Å². The molecule has 0 unspecified atom stereocenters. The lowest BCUT2D eigenvalue weighted by atomic mass is 10.0. The quantitative estimate of drug-likeness (QED) is 0.855. The van der Waals surface area contributed by atoms with Gasteiger partial charge in [0.25, 0.3) is 0 Å². The zero-order valence-corrected chi connectivity index (χ0v) is 15.1. The van der Waals surface area contributed by atoms with Crippen LogP contribution in [-0.2, 0) is 17.8 Å². The number of nitrogens with one attached hydrogen (secondary N) is 1. The maximum Gasteiger partial charge on any atom is 0.227 e. The highest BCUT2D eigenvalue weighted by atomic mass is 35.5. The van der Waals surface area contributed by atoms with Crippen LogP contribution in [-0.4, -0.2) is 40.1 Å². The van der Waals surface area contributed by atoms with Gasteiger partial charge in [0.2, 0.25) is 11.8 Å². The van der Waals surface area contributed by atoms with E-state index in [-0.39, 0.29) is 11.9 Å². The van der Waals surface area contributed by atoms with Crippen LogP contribution in [0.5, 0.6) is 0 Å². The van der Waals surface area contributed by atoms with Crippen molar-refractivity contribution in [1.29, 1.82) is 0 Å². The van der Waals surface area contributed by atoms with Crippen molar-refractivity contribution in [2.45, 2.75) is 45.2 Å². The molecule has 1 aliphatic heterocycles. The van der Waals surface area contributed by atoms with Gasteiger partial charge in [-0.3, -0.25) is 9.69 Å². The first-order valence-corrected chi connectivity index (χ1v) is 9.01. The number of likely N-dealkylation sites (tertiary alicyclic amines) is 1. The van der Waals surface area contributed by atoms with E-state index in [4.69, 9.17) is 16.1 Å². The number of halogens is 1. The van der Waals surface area contributed by atoms with Gasteiger partial charge >= 0.3 is 0 Å². The summed E-state index contributed by atoms with van der Waals surface area (Å²) in [7, 11) is 0. The summed E-state index contributed by atoms with van der Waals surface area (Å²) in [4.78, 5) is 18.6. The van der Waals surface area contributed by atoms with E-state index in [0.29, 0.717) is 24.6 Å². The number of piperidine rings is 1. The second-order valence-corrected chi connectivity index (χ2v) is 6.92. The molecule has 1 fully saturated rings. The minimum Gasteiger partial charge on any atom is -0.353 e. The summed E-state index contributed by atoms with van der Waals surface area (Å²) in [6, 6.07) is 8.23. The molecule has 0 saturated carbocycles. The number of aromatic nitrogens is 2. The molecule has 25 heavy (non-hydrogen) atoms. The van der Waals surface area contributed by atoms with E-state index in [1.807, 2.05) is 12.1 Å². The van der Waals surface area contributed by atoms with Crippen molar-refractivity contribution in [2.24, 2.45) is 0 Å². The predicted octanol–water partition coefficient (Wildman–Crippen LogP) is 2.74. The molecule has 0 atom stereocenters. The molecule has 0 aliphatic carbocycles. The van der Waals surface area contributed by atoms with Crippen LogP contribution < -0.4 is 5.32 Å². The van der Waals surface area contributed by atoms with Crippen LogP contribution >= 0.6 is 11.6 Å². The van der Waals surface area contributed by atoms with E-state index in [9.17, 15) is 4.79 Å². The first-order chi connectivity index (χ1) is 12.1. The molecule has 1 aromatic carbocycles. The third-order valence-electron chi connectivity index (χ3n) is 4.41. The van der Waals surface area contributed by atoms with Crippen LogP contribution in [0.1, 0.15) is 36.5 Å². The number of carbonyl (C=O) groups is 1. The fourth-order valence-electron chi connectivity index (χ4n) is 3.05. The summed E-state index contributed by atoms with van der Waals surface area (Å²) in [5.41, 5.74) is 1.27. The highest BCUT2D eigenvalue weighted by molar-refractivity contribution is 6.30. The molecule has 0 spiro atoms. The highest BCUT2D eigenvalue weighted by Crippen LogP contribution is 2.16. The van der Waals surface area contributed by atoms with Gasteiger partial charge in [-0.25, -0.2) is 0 Å². The number of nitrogens with zero attached hydrogens (tertiary/aromatic N) is 3. The Hall–Kier alpha value is -1.92. The topological polar surface area (TPSA) is 71.3 Å². The number of hydrogen-bond donors (Lipinski definition) is 1. The van der Waals surface area contributed by atoms with Crippen molar-refractivity contribution in [2.75, 3.05) is 13.1 Å². The number of benzene rings is 1. The maximum atomic E-state index is 12.1. The Kier molecular flexibility index (Phi) is 6.04. The maximum absolute atomic E-state index is 12.1. The molecule has 1 saturated heterocycles. The summed E-state index contributed by atoms with van der Waals surface area (Å²) in [5.74, 6) is 1.17. The van der Waals surface area contributed by atoms with Crippen LogP contribution in [0, 0.1) is 6.92 Å². The Morgan fingerprint density at radius 2 is 2.04 bits per heavy atom. The monoisotopic (exact) mass is 362 g/mol. The lowest BCUT2D eigenvalue weighted by Crippen LogP contribution is -2.44. The molecule has 2 heterocycles. The summed E-state index contributed by atoms with van der Waals surface area (Å²) >= 11 is 5.92. The Bertz CT molecular complexity index is 693. The lowest BCUT2D eigenvalue weighted by molar-refractivity contribution is -0.122. The largest absolute Gasteiger partial charge is 0.353 e. The fraction of sp³-hybridized carbons (Fsp3) is 0.500. The lowest BCUT2D eigenvalue weighted by Gasteiger charge is -2.32. The Balaban J connectivity index is 1.37. The molecular formula is C18H23ClN4O2. The average Bonchev–Trinajstić information content (AvgIpc) is 3.02. The summed E-state index contributed by atoms with van der Waals surface area (Å²) in [6.07, 6.45) is 2.81. The molecule has 134 valence electrons. The third-order valence-corrected chi connectivity index (χ3v) is 4.66. The highest BCUT2D eigenvalue weighted by Gasteiger charge is 2.21. The van der Waals surface area contributed by atoms with Crippen molar-refractivity contribution >= 4 is 17.5 Å². The summed E-state index contributed by atoms with van der Waals surface area (Å²) in [5, 5.41) is 7.61. The van der Waals surface area contributed by atoms with Crippen molar-refractivity contribution < 1.29 is 9.32 Å². The first-order valence-electron chi connectivity index (χ1n) is 8.64. The van der Waals surface area contributed by atoms with Gasteiger partial charge in [-0.1, -0.05) is 28.9 Å². The molecule has 7 heteroatoms. The number of carbonyl (C=O) groups excluding carboxylic acids is 1. The third kappa shape index (κ3) is 5.54. The van der Waals surface area contributed by atoms with Gasteiger partial charge in [0.1, 0.15) is 0 Å². The molecule has 1 amide bonds. The summed E-state index contributed by atoms with van der Waals surface area (Å²) in [6.45, 7) is 4.66. The Morgan fingerprint density at radius 3 is 2.68 bits per heavy atom. The van der Waals surface area contributed by atoms with Gasteiger partial charge in [0, 0.05) is 43.5 Å². The summed E-state index contributed by atoms with van der Waals surface area (Å²) < 4.78 is 5.03. The van der Waals surface area contributed by atoms with Gasteiger partial charge in [0.05, 0.1) is 0 Å². The zero-order valence-electron chi connectivity index (χ0n) is 14.4. The van der Waals surface area contributed by atoms with Gasteiger partial charge in [-0.2, -0.15) is 4.98 Å². The molecule has 1 aliphatic rings. The minimum absolute atomic E-state index is 0.0482. The Morgan fingerprint density at radius 1 is 1.32 bits per heavy atom. The predicted molar refractivity (Wildman–Crippen MR) is 95.2 cm³/mol. The zero-order chi connectivity index (χ0) is 17.6.